The van der Waals surface area contributed by atoms with Crippen LogP contribution in [0.4, 0.5) is 5.82 Å². The molecule has 33 heavy (non-hydrogen) atoms. The second-order valence-corrected chi connectivity index (χ2v) is 9.47. The Kier molecular flexibility index (Phi) is 7.63. The van der Waals surface area contributed by atoms with E-state index in [-0.39, 0.29) is 30.3 Å². The van der Waals surface area contributed by atoms with Gasteiger partial charge >= 0.3 is 0 Å². The van der Waals surface area contributed by atoms with Crippen LogP contribution in [0.1, 0.15) is 49.2 Å². The summed E-state index contributed by atoms with van der Waals surface area (Å²) in [5, 5.41) is 3.07. The summed E-state index contributed by atoms with van der Waals surface area (Å²) in [6.07, 6.45) is 2.47. The van der Waals surface area contributed by atoms with Gasteiger partial charge in [0, 0.05) is 45.5 Å². The Bertz CT molecular complexity index is 915. The van der Waals surface area contributed by atoms with E-state index in [0.717, 1.165) is 44.1 Å². The van der Waals surface area contributed by atoms with E-state index in [1.165, 1.54) is 5.56 Å². The van der Waals surface area contributed by atoms with Crippen LogP contribution in [0, 0.1) is 0 Å². The van der Waals surface area contributed by atoms with Gasteiger partial charge in [0.1, 0.15) is 5.82 Å². The summed E-state index contributed by atoms with van der Waals surface area (Å²) in [5.41, 5.74) is 2.95. The van der Waals surface area contributed by atoms with E-state index in [1.807, 2.05) is 18.2 Å². The minimum Gasteiger partial charge on any atom is -0.373 e. The van der Waals surface area contributed by atoms with Crippen molar-refractivity contribution in [3.63, 3.8) is 0 Å². The molecule has 2 fully saturated rings. The van der Waals surface area contributed by atoms with Crippen LogP contribution in [0.2, 0.25) is 0 Å². The van der Waals surface area contributed by atoms with Crippen LogP contribution in [-0.2, 0) is 22.6 Å². The molecule has 0 saturated carbocycles. The Morgan fingerprint density at radius 2 is 1.52 bits per heavy atom. The maximum atomic E-state index is 12.8. The molecule has 0 aliphatic carbocycles. The molecule has 0 bridgehead atoms. The molecule has 2 saturated heterocycles. The van der Waals surface area contributed by atoms with Crippen molar-refractivity contribution in [3.05, 3.63) is 59.3 Å². The van der Waals surface area contributed by atoms with E-state index in [0.29, 0.717) is 12.1 Å². The number of nitrogens with zero attached hydrogens (tertiary/aromatic N) is 3. The number of morpholine rings is 2. The zero-order valence-corrected chi connectivity index (χ0v) is 20.2. The van der Waals surface area contributed by atoms with E-state index >= 15 is 0 Å². The first-order valence-electron chi connectivity index (χ1n) is 12.0. The van der Waals surface area contributed by atoms with Crippen LogP contribution < -0.4 is 10.2 Å². The quantitative estimate of drug-likeness (QED) is 0.726. The van der Waals surface area contributed by atoms with E-state index < -0.39 is 0 Å². The number of rotatable bonds is 6. The molecule has 1 N–H and O–H groups in total. The fourth-order valence-electron chi connectivity index (χ4n) is 4.89. The molecular formula is C26H36N4O3. The van der Waals surface area contributed by atoms with Gasteiger partial charge in [0.05, 0.1) is 30.0 Å². The Morgan fingerprint density at radius 3 is 2.12 bits per heavy atom. The molecule has 7 heteroatoms. The van der Waals surface area contributed by atoms with Crippen LogP contribution in [0.5, 0.6) is 0 Å². The lowest BCUT2D eigenvalue weighted by Gasteiger charge is -2.36. The van der Waals surface area contributed by atoms with E-state index in [1.54, 1.807) is 6.20 Å². The van der Waals surface area contributed by atoms with Crippen molar-refractivity contribution in [2.75, 3.05) is 31.1 Å². The number of nitrogens with one attached hydrogen (secondary N) is 1. The second-order valence-electron chi connectivity index (χ2n) is 9.47. The highest BCUT2D eigenvalue weighted by molar-refractivity contribution is 5.94. The van der Waals surface area contributed by atoms with Gasteiger partial charge in [0.25, 0.3) is 5.91 Å². The highest BCUT2D eigenvalue weighted by Crippen LogP contribution is 2.19. The molecule has 0 radical (unpaired) electrons. The summed E-state index contributed by atoms with van der Waals surface area (Å²) in [5.74, 6) is 0.772. The molecular weight excluding hydrogens is 416 g/mol. The first-order chi connectivity index (χ1) is 15.9. The number of amides is 1. The molecule has 2 aromatic rings. The number of hydrogen-bond acceptors (Lipinski definition) is 6. The maximum absolute atomic E-state index is 12.8. The van der Waals surface area contributed by atoms with Crippen molar-refractivity contribution in [1.82, 2.24) is 15.2 Å². The molecule has 178 valence electrons. The van der Waals surface area contributed by atoms with Gasteiger partial charge in [0.15, 0.2) is 0 Å². The predicted octanol–water partition coefficient (Wildman–Crippen LogP) is 3.23. The summed E-state index contributed by atoms with van der Waals surface area (Å²) in [6.45, 7) is 13.2. The van der Waals surface area contributed by atoms with Crippen molar-refractivity contribution >= 4 is 11.7 Å². The molecule has 4 rings (SSSR count). The number of aromatic nitrogens is 1. The average Bonchev–Trinajstić information content (AvgIpc) is 2.77. The SMILES string of the molecule is CC1CN(Cc2ccccc2CNC(=O)c2ccc(N3CC(C)OC(C)C3)nc2)CC(C)O1. The van der Waals surface area contributed by atoms with Gasteiger partial charge < -0.3 is 19.7 Å². The van der Waals surface area contributed by atoms with Gasteiger partial charge in [-0.1, -0.05) is 24.3 Å². The first kappa shape index (κ1) is 23.7. The van der Waals surface area contributed by atoms with Crippen molar-refractivity contribution in [2.45, 2.75) is 65.2 Å². The molecule has 4 unspecified atom stereocenters. The number of carbonyl (C=O) groups is 1. The monoisotopic (exact) mass is 452 g/mol. The van der Waals surface area contributed by atoms with Gasteiger partial charge in [-0.2, -0.15) is 0 Å². The Labute approximate surface area is 197 Å². The van der Waals surface area contributed by atoms with Crippen LogP contribution in [0.25, 0.3) is 0 Å². The molecule has 2 aliphatic heterocycles. The standard InChI is InChI=1S/C26H36N4O3/c1-18-13-29(14-19(2)32-18)17-24-8-6-5-7-22(24)11-28-26(31)23-9-10-25(27-12-23)30-15-20(3)33-21(4)16-30/h5-10,12,18-21H,11,13-17H2,1-4H3,(H,28,31). The number of carbonyl (C=O) groups excluding carboxylic acids is 1. The third kappa shape index (κ3) is 6.31. The molecule has 1 amide bonds. The Balaban J connectivity index is 1.35. The number of benzene rings is 1. The summed E-state index contributed by atoms with van der Waals surface area (Å²) < 4.78 is 11.7. The van der Waals surface area contributed by atoms with E-state index in [2.05, 4.69) is 66.0 Å². The third-order valence-corrected chi connectivity index (χ3v) is 6.20. The zero-order chi connectivity index (χ0) is 23.4. The van der Waals surface area contributed by atoms with Crippen LogP contribution >= 0.6 is 0 Å². The highest BCUT2D eigenvalue weighted by atomic mass is 16.5. The normalized spacial score (nSPS) is 26.2. The van der Waals surface area contributed by atoms with Crippen molar-refractivity contribution < 1.29 is 14.3 Å². The summed E-state index contributed by atoms with van der Waals surface area (Å²) in [6, 6.07) is 12.1. The molecule has 1 aromatic heterocycles. The van der Waals surface area contributed by atoms with Crippen LogP contribution in [0.15, 0.2) is 42.6 Å². The lowest BCUT2D eigenvalue weighted by atomic mass is 10.1. The summed E-state index contributed by atoms with van der Waals surface area (Å²) >= 11 is 0. The number of pyridine rings is 1. The minimum atomic E-state index is -0.110. The topological polar surface area (TPSA) is 66.9 Å². The van der Waals surface area contributed by atoms with E-state index in [4.69, 9.17) is 9.47 Å². The lowest BCUT2D eigenvalue weighted by Crippen LogP contribution is -2.45. The number of anilines is 1. The van der Waals surface area contributed by atoms with Crippen LogP contribution in [-0.4, -0.2) is 66.4 Å². The van der Waals surface area contributed by atoms with Gasteiger partial charge in [-0.15, -0.1) is 0 Å². The number of hydrogen-bond donors (Lipinski definition) is 1. The van der Waals surface area contributed by atoms with Crippen molar-refractivity contribution in [1.29, 1.82) is 0 Å². The van der Waals surface area contributed by atoms with E-state index in [9.17, 15) is 4.79 Å². The van der Waals surface area contributed by atoms with Gasteiger partial charge in [0.2, 0.25) is 0 Å². The summed E-state index contributed by atoms with van der Waals surface area (Å²) in [7, 11) is 0. The smallest absolute Gasteiger partial charge is 0.253 e. The van der Waals surface area contributed by atoms with Gasteiger partial charge in [-0.05, 0) is 51.0 Å². The van der Waals surface area contributed by atoms with Crippen molar-refractivity contribution in [3.8, 4) is 0 Å². The largest absolute Gasteiger partial charge is 0.373 e. The Morgan fingerprint density at radius 1 is 0.909 bits per heavy atom. The fourth-order valence-corrected chi connectivity index (χ4v) is 4.89. The fraction of sp³-hybridized carbons (Fsp3) is 0.538. The molecule has 2 aliphatic rings. The van der Waals surface area contributed by atoms with Crippen LogP contribution in [0.3, 0.4) is 0 Å². The molecule has 0 spiro atoms. The first-order valence-corrected chi connectivity index (χ1v) is 12.0. The minimum absolute atomic E-state index is 0.110. The predicted molar refractivity (Wildman–Crippen MR) is 129 cm³/mol. The lowest BCUT2D eigenvalue weighted by molar-refractivity contribution is -0.0705. The molecule has 4 atom stereocenters. The third-order valence-electron chi connectivity index (χ3n) is 6.20. The maximum Gasteiger partial charge on any atom is 0.253 e. The summed E-state index contributed by atoms with van der Waals surface area (Å²) in [4.78, 5) is 22.0. The van der Waals surface area contributed by atoms with Gasteiger partial charge in [-0.25, -0.2) is 4.98 Å². The van der Waals surface area contributed by atoms with Crippen molar-refractivity contribution in [2.24, 2.45) is 0 Å². The zero-order valence-electron chi connectivity index (χ0n) is 20.2. The number of ether oxygens (including phenoxy) is 2. The molecule has 3 heterocycles. The molecule has 7 nitrogen and oxygen atoms in total. The highest BCUT2D eigenvalue weighted by Gasteiger charge is 2.24. The molecule has 1 aromatic carbocycles. The van der Waals surface area contributed by atoms with Gasteiger partial charge in [-0.3, -0.25) is 9.69 Å². The second kappa shape index (κ2) is 10.6. The average molecular weight is 453 g/mol. The Hall–Kier alpha value is -2.48.